The van der Waals surface area contributed by atoms with Gasteiger partial charge in [0.2, 0.25) is 0 Å². The van der Waals surface area contributed by atoms with Crippen molar-refractivity contribution in [3.63, 3.8) is 0 Å². The van der Waals surface area contributed by atoms with Gasteiger partial charge >= 0.3 is 5.97 Å². The van der Waals surface area contributed by atoms with Crippen molar-refractivity contribution in [1.29, 1.82) is 5.26 Å². The number of amides is 1. The molecule has 0 aliphatic heterocycles. The Morgan fingerprint density at radius 1 is 1.03 bits per heavy atom. The zero-order valence-corrected chi connectivity index (χ0v) is 18.2. The molecule has 162 valence electrons. The Bertz CT molecular complexity index is 1330. The molecule has 0 saturated carbocycles. The van der Waals surface area contributed by atoms with Crippen LogP contribution in [-0.2, 0) is 10.0 Å². The van der Waals surface area contributed by atoms with Crippen LogP contribution in [0.4, 0.5) is 11.4 Å². The molecule has 3 rings (SSSR count). The standard InChI is InChI=1S/C22H16ClN3O5S/c1-26(17-7-5-16(23)6-8-17)32(30,31)18-9-3-15(4-10-18)21(27)25-20-11-2-14(13-24)12-19(20)22(28)29/h2-12H,1H3,(H,25,27)(H,28,29). The van der Waals surface area contributed by atoms with Gasteiger partial charge < -0.3 is 10.4 Å². The number of hydrogen-bond donors (Lipinski definition) is 2. The highest BCUT2D eigenvalue weighted by Crippen LogP contribution is 2.24. The number of nitrogens with one attached hydrogen (secondary N) is 1. The van der Waals surface area contributed by atoms with Crippen molar-refractivity contribution in [1.82, 2.24) is 0 Å². The normalized spacial score (nSPS) is 10.8. The summed E-state index contributed by atoms with van der Waals surface area (Å²) in [4.78, 5) is 23.9. The molecule has 1 amide bonds. The number of benzene rings is 3. The second kappa shape index (κ2) is 9.09. The highest BCUT2D eigenvalue weighted by atomic mass is 35.5. The van der Waals surface area contributed by atoms with Crippen molar-refractivity contribution >= 4 is 44.9 Å². The molecule has 3 aromatic carbocycles. The predicted molar refractivity (Wildman–Crippen MR) is 120 cm³/mol. The Morgan fingerprint density at radius 2 is 1.66 bits per heavy atom. The van der Waals surface area contributed by atoms with Crippen LogP contribution in [0.15, 0.2) is 71.6 Å². The third-order valence-electron chi connectivity index (χ3n) is 4.59. The van der Waals surface area contributed by atoms with E-state index in [0.717, 1.165) is 10.4 Å². The van der Waals surface area contributed by atoms with Crippen molar-refractivity contribution in [3.8, 4) is 6.07 Å². The maximum Gasteiger partial charge on any atom is 0.337 e. The summed E-state index contributed by atoms with van der Waals surface area (Å²) in [5, 5.41) is 21.2. The van der Waals surface area contributed by atoms with Gasteiger partial charge in [0.1, 0.15) is 0 Å². The van der Waals surface area contributed by atoms with Gasteiger partial charge in [-0.15, -0.1) is 0 Å². The average molecular weight is 470 g/mol. The molecule has 0 radical (unpaired) electrons. The smallest absolute Gasteiger partial charge is 0.337 e. The minimum atomic E-state index is -3.88. The van der Waals surface area contributed by atoms with E-state index in [4.69, 9.17) is 16.9 Å². The Balaban J connectivity index is 1.82. The lowest BCUT2D eigenvalue weighted by Crippen LogP contribution is -2.26. The lowest BCUT2D eigenvalue weighted by atomic mass is 10.1. The first-order valence-electron chi connectivity index (χ1n) is 9.07. The molecule has 0 unspecified atom stereocenters. The Kier molecular flexibility index (Phi) is 6.48. The molecule has 2 N–H and O–H groups in total. The summed E-state index contributed by atoms with van der Waals surface area (Å²) in [6.45, 7) is 0. The highest BCUT2D eigenvalue weighted by Gasteiger charge is 2.22. The lowest BCUT2D eigenvalue weighted by Gasteiger charge is -2.19. The molecule has 0 heterocycles. The van der Waals surface area contributed by atoms with Gasteiger partial charge in [0.15, 0.2) is 0 Å². The Morgan fingerprint density at radius 3 is 2.22 bits per heavy atom. The van der Waals surface area contributed by atoms with Crippen LogP contribution in [0, 0.1) is 11.3 Å². The fourth-order valence-corrected chi connectivity index (χ4v) is 4.14. The van der Waals surface area contributed by atoms with Gasteiger partial charge in [-0.05, 0) is 66.7 Å². The van der Waals surface area contributed by atoms with E-state index in [2.05, 4.69) is 5.32 Å². The third-order valence-corrected chi connectivity index (χ3v) is 6.64. The molecular weight excluding hydrogens is 454 g/mol. The van der Waals surface area contributed by atoms with Crippen LogP contribution in [0.2, 0.25) is 5.02 Å². The van der Waals surface area contributed by atoms with Gasteiger partial charge in [0.05, 0.1) is 33.5 Å². The van der Waals surface area contributed by atoms with E-state index in [0.29, 0.717) is 10.7 Å². The van der Waals surface area contributed by atoms with Crippen molar-refractivity contribution in [2.45, 2.75) is 4.90 Å². The van der Waals surface area contributed by atoms with E-state index in [1.165, 1.54) is 43.4 Å². The number of sulfonamides is 1. The van der Waals surface area contributed by atoms with Crippen molar-refractivity contribution in [2.24, 2.45) is 0 Å². The van der Waals surface area contributed by atoms with Crippen LogP contribution in [0.3, 0.4) is 0 Å². The molecule has 3 aromatic rings. The molecule has 0 spiro atoms. The van der Waals surface area contributed by atoms with E-state index >= 15 is 0 Å². The molecule has 10 heteroatoms. The molecule has 0 atom stereocenters. The van der Waals surface area contributed by atoms with E-state index in [9.17, 15) is 23.1 Å². The number of nitriles is 1. The number of anilines is 2. The van der Waals surface area contributed by atoms with Crippen LogP contribution >= 0.6 is 11.6 Å². The van der Waals surface area contributed by atoms with Crippen LogP contribution in [0.1, 0.15) is 26.3 Å². The molecule has 0 aromatic heterocycles. The minimum absolute atomic E-state index is 0.0145. The Hall–Kier alpha value is -3.87. The second-order valence-electron chi connectivity index (χ2n) is 6.60. The zero-order valence-electron chi connectivity index (χ0n) is 16.6. The zero-order chi connectivity index (χ0) is 23.5. The number of carbonyl (C=O) groups excluding carboxylic acids is 1. The SMILES string of the molecule is CN(c1ccc(Cl)cc1)S(=O)(=O)c1ccc(C(=O)Nc2ccc(C#N)cc2C(=O)O)cc1. The van der Waals surface area contributed by atoms with Gasteiger partial charge in [-0.25, -0.2) is 13.2 Å². The van der Waals surface area contributed by atoms with Gasteiger partial charge in [-0.2, -0.15) is 5.26 Å². The molecule has 8 nitrogen and oxygen atoms in total. The quantitative estimate of drug-likeness (QED) is 0.561. The van der Waals surface area contributed by atoms with Crippen LogP contribution < -0.4 is 9.62 Å². The second-order valence-corrected chi connectivity index (χ2v) is 9.01. The predicted octanol–water partition coefficient (Wildman–Crippen LogP) is 3.99. The highest BCUT2D eigenvalue weighted by molar-refractivity contribution is 7.92. The number of hydrogen-bond acceptors (Lipinski definition) is 5. The maximum absolute atomic E-state index is 12.9. The number of carboxylic acid groups (broad SMARTS) is 1. The topological polar surface area (TPSA) is 128 Å². The van der Waals surface area contributed by atoms with Crippen molar-refractivity contribution < 1.29 is 23.1 Å². The summed E-state index contributed by atoms with van der Waals surface area (Å²) in [5.41, 5.74) is 0.457. The molecule has 32 heavy (non-hydrogen) atoms. The van der Waals surface area contributed by atoms with Gasteiger partial charge in [-0.3, -0.25) is 9.10 Å². The first-order chi connectivity index (χ1) is 15.1. The number of nitrogens with zero attached hydrogens (tertiary/aromatic N) is 2. The molecule has 0 aliphatic rings. The van der Waals surface area contributed by atoms with E-state index in [1.807, 2.05) is 6.07 Å². The molecular formula is C22H16ClN3O5S. The molecule has 0 fully saturated rings. The number of carboxylic acids is 1. The molecule has 0 saturated heterocycles. The van der Waals surface area contributed by atoms with Crippen LogP contribution in [0.5, 0.6) is 0 Å². The van der Waals surface area contributed by atoms with Gasteiger partial charge in [0, 0.05) is 17.6 Å². The Labute approximate surface area is 189 Å². The lowest BCUT2D eigenvalue weighted by molar-refractivity contribution is 0.0698. The van der Waals surface area contributed by atoms with Gasteiger partial charge in [-0.1, -0.05) is 11.6 Å². The number of carbonyl (C=O) groups is 2. The summed E-state index contributed by atoms with van der Waals surface area (Å²) in [6.07, 6.45) is 0. The number of rotatable bonds is 6. The summed E-state index contributed by atoms with van der Waals surface area (Å²) in [6, 6.07) is 17.2. The number of halogens is 1. The van der Waals surface area contributed by atoms with Crippen molar-refractivity contribution in [2.75, 3.05) is 16.7 Å². The summed E-state index contributed by atoms with van der Waals surface area (Å²) < 4.78 is 26.8. The van der Waals surface area contributed by atoms with E-state index in [1.54, 1.807) is 24.3 Å². The average Bonchev–Trinajstić information content (AvgIpc) is 2.79. The third kappa shape index (κ3) is 4.72. The maximum atomic E-state index is 12.9. The largest absolute Gasteiger partial charge is 0.478 e. The van der Waals surface area contributed by atoms with Crippen LogP contribution in [0.25, 0.3) is 0 Å². The molecule has 0 bridgehead atoms. The monoisotopic (exact) mass is 469 g/mol. The van der Waals surface area contributed by atoms with Gasteiger partial charge in [0.25, 0.3) is 15.9 Å². The van der Waals surface area contributed by atoms with E-state index < -0.39 is 21.9 Å². The number of aromatic carboxylic acids is 1. The fraction of sp³-hybridized carbons (Fsp3) is 0.0455. The van der Waals surface area contributed by atoms with Crippen LogP contribution in [-0.4, -0.2) is 32.4 Å². The minimum Gasteiger partial charge on any atom is -0.478 e. The first-order valence-corrected chi connectivity index (χ1v) is 10.9. The summed E-state index contributed by atoms with van der Waals surface area (Å²) in [5.74, 6) is -1.93. The first kappa shape index (κ1) is 22.8. The summed E-state index contributed by atoms with van der Waals surface area (Å²) in [7, 11) is -2.48. The van der Waals surface area contributed by atoms with E-state index in [-0.39, 0.29) is 27.3 Å². The summed E-state index contributed by atoms with van der Waals surface area (Å²) >= 11 is 5.84. The fourth-order valence-electron chi connectivity index (χ4n) is 2.82. The molecule has 0 aliphatic carbocycles. The van der Waals surface area contributed by atoms with Crippen molar-refractivity contribution in [3.05, 3.63) is 88.4 Å².